The molecule has 1 nitrogen and oxygen atoms in total. The van der Waals surface area contributed by atoms with Crippen LogP contribution in [0.4, 0.5) is 0 Å². The molecule has 0 radical (unpaired) electrons. The Balaban J connectivity index is 1.91. The summed E-state index contributed by atoms with van der Waals surface area (Å²) in [7, 11) is 0. The van der Waals surface area contributed by atoms with E-state index in [-0.39, 0.29) is 0 Å². The Hall–Kier alpha value is 0.0200. The van der Waals surface area contributed by atoms with Crippen LogP contribution in [-0.2, 0) is 4.79 Å². The summed E-state index contributed by atoms with van der Waals surface area (Å²) in [6.45, 7) is 0. The predicted molar refractivity (Wildman–Crippen MR) is 50.0 cm³/mol. The number of carbonyl (C=O) groups is 1. The molecule has 0 aromatic carbocycles. The van der Waals surface area contributed by atoms with E-state index < -0.39 is 0 Å². The number of hydrogen-bond acceptors (Lipinski definition) is 2. The van der Waals surface area contributed by atoms with Crippen LogP contribution in [0.3, 0.4) is 0 Å². The maximum absolute atomic E-state index is 11.1. The van der Waals surface area contributed by atoms with Gasteiger partial charge in [-0.05, 0) is 24.3 Å². The highest BCUT2D eigenvalue weighted by atomic mass is 32.2. The van der Waals surface area contributed by atoms with E-state index in [2.05, 4.69) is 0 Å². The molecule has 1 fully saturated rings. The number of ketones is 1. The lowest BCUT2D eigenvalue weighted by Crippen LogP contribution is -1.99. The lowest BCUT2D eigenvalue weighted by atomic mass is 10.1. The van der Waals surface area contributed by atoms with Gasteiger partial charge in [-0.25, -0.2) is 0 Å². The zero-order chi connectivity index (χ0) is 8.10. The van der Waals surface area contributed by atoms with E-state index in [0.717, 1.165) is 30.9 Å². The Morgan fingerprint density at radius 2 is 2.18 bits per heavy atom. The highest BCUT2D eigenvalue weighted by molar-refractivity contribution is 7.98. The third kappa shape index (κ3) is 4.46. The largest absolute Gasteiger partial charge is 0.300 e. The Labute approximate surface area is 72.9 Å². The normalized spacial score (nSPS) is 16.8. The second kappa shape index (κ2) is 4.81. The van der Waals surface area contributed by atoms with Gasteiger partial charge in [-0.15, -0.1) is 0 Å². The third-order valence-corrected chi connectivity index (χ3v) is 2.73. The molecule has 0 N–H and O–H groups in total. The van der Waals surface area contributed by atoms with Crippen molar-refractivity contribution in [2.75, 3.05) is 12.0 Å². The molecule has 1 aliphatic carbocycles. The maximum Gasteiger partial charge on any atom is 0.133 e. The molecule has 0 spiro atoms. The van der Waals surface area contributed by atoms with Crippen LogP contribution in [0.2, 0.25) is 0 Å². The quantitative estimate of drug-likeness (QED) is 0.612. The van der Waals surface area contributed by atoms with Crippen LogP contribution in [0.15, 0.2) is 0 Å². The molecule has 1 aliphatic rings. The van der Waals surface area contributed by atoms with Crippen molar-refractivity contribution in [1.29, 1.82) is 0 Å². The van der Waals surface area contributed by atoms with E-state index in [1.165, 1.54) is 12.8 Å². The Kier molecular flexibility index (Phi) is 3.98. The topological polar surface area (TPSA) is 17.1 Å². The molecule has 0 aliphatic heterocycles. The van der Waals surface area contributed by atoms with Gasteiger partial charge in [0.1, 0.15) is 5.78 Å². The molecule has 11 heavy (non-hydrogen) atoms. The first-order chi connectivity index (χ1) is 5.33. The second-order valence-electron chi connectivity index (χ2n) is 3.26. The average molecular weight is 172 g/mol. The zero-order valence-corrected chi connectivity index (χ0v) is 7.95. The van der Waals surface area contributed by atoms with Gasteiger partial charge in [0.25, 0.3) is 0 Å². The van der Waals surface area contributed by atoms with Crippen molar-refractivity contribution in [3.8, 4) is 0 Å². The monoisotopic (exact) mass is 172 g/mol. The summed E-state index contributed by atoms with van der Waals surface area (Å²) < 4.78 is 0. The van der Waals surface area contributed by atoms with E-state index in [4.69, 9.17) is 0 Å². The summed E-state index contributed by atoms with van der Waals surface area (Å²) in [6, 6.07) is 0. The van der Waals surface area contributed by atoms with Crippen LogP contribution in [0.5, 0.6) is 0 Å². The molecule has 0 aromatic rings. The molecule has 0 bridgehead atoms. The van der Waals surface area contributed by atoms with Crippen molar-refractivity contribution >= 4 is 17.5 Å². The van der Waals surface area contributed by atoms with E-state index in [1.807, 2.05) is 6.26 Å². The fourth-order valence-electron chi connectivity index (χ4n) is 1.11. The second-order valence-corrected chi connectivity index (χ2v) is 4.25. The fraction of sp³-hybridized carbons (Fsp3) is 0.889. The molecule has 1 saturated carbocycles. The van der Waals surface area contributed by atoms with Crippen LogP contribution >= 0.6 is 11.8 Å². The average Bonchev–Trinajstić information content (AvgIpc) is 2.80. The molecular weight excluding hydrogens is 156 g/mol. The van der Waals surface area contributed by atoms with E-state index in [0.29, 0.717) is 5.78 Å². The van der Waals surface area contributed by atoms with Crippen molar-refractivity contribution in [3.63, 3.8) is 0 Å². The number of carbonyl (C=O) groups excluding carboxylic acids is 1. The first-order valence-electron chi connectivity index (χ1n) is 4.33. The Bertz CT molecular complexity index is 130. The Morgan fingerprint density at radius 3 is 2.73 bits per heavy atom. The molecule has 0 atom stereocenters. The summed E-state index contributed by atoms with van der Waals surface area (Å²) in [5.41, 5.74) is 0. The minimum Gasteiger partial charge on any atom is -0.300 e. The summed E-state index contributed by atoms with van der Waals surface area (Å²) >= 11 is 1.76. The van der Waals surface area contributed by atoms with Gasteiger partial charge in [-0.2, -0.15) is 11.8 Å². The maximum atomic E-state index is 11.1. The number of hydrogen-bond donors (Lipinski definition) is 0. The Morgan fingerprint density at radius 1 is 1.45 bits per heavy atom. The lowest BCUT2D eigenvalue weighted by molar-refractivity contribution is -0.118. The highest BCUT2D eigenvalue weighted by Crippen LogP contribution is 2.33. The van der Waals surface area contributed by atoms with Crippen molar-refractivity contribution in [1.82, 2.24) is 0 Å². The molecule has 0 saturated heterocycles. The van der Waals surface area contributed by atoms with Crippen LogP contribution < -0.4 is 0 Å². The molecular formula is C9H16OS. The molecule has 64 valence electrons. The zero-order valence-electron chi connectivity index (χ0n) is 7.14. The first-order valence-corrected chi connectivity index (χ1v) is 5.73. The molecule has 0 aromatic heterocycles. The van der Waals surface area contributed by atoms with Crippen molar-refractivity contribution in [2.45, 2.75) is 32.1 Å². The molecule has 0 amide bonds. The summed E-state index contributed by atoms with van der Waals surface area (Å²) in [5, 5.41) is 0. The minimum absolute atomic E-state index is 0.464. The van der Waals surface area contributed by atoms with Crippen molar-refractivity contribution in [2.24, 2.45) is 5.92 Å². The smallest absolute Gasteiger partial charge is 0.133 e. The van der Waals surface area contributed by atoms with Gasteiger partial charge in [-0.1, -0.05) is 12.8 Å². The van der Waals surface area contributed by atoms with Gasteiger partial charge >= 0.3 is 0 Å². The van der Waals surface area contributed by atoms with Crippen LogP contribution in [0.25, 0.3) is 0 Å². The van der Waals surface area contributed by atoms with Gasteiger partial charge in [-0.3, -0.25) is 4.79 Å². The molecule has 1 rings (SSSR count). The van der Waals surface area contributed by atoms with Crippen LogP contribution in [0, 0.1) is 5.92 Å². The highest BCUT2D eigenvalue weighted by Gasteiger charge is 2.21. The van der Waals surface area contributed by atoms with Gasteiger partial charge < -0.3 is 0 Å². The van der Waals surface area contributed by atoms with E-state index in [9.17, 15) is 4.79 Å². The van der Waals surface area contributed by atoms with Gasteiger partial charge in [0.2, 0.25) is 0 Å². The van der Waals surface area contributed by atoms with Gasteiger partial charge in [0, 0.05) is 12.8 Å². The van der Waals surface area contributed by atoms with Crippen LogP contribution in [-0.4, -0.2) is 17.8 Å². The summed E-state index contributed by atoms with van der Waals surface area (Å²) in [4.78, 5) is 11.1. The number of thioether (sulfide) groups is 1. The van der Waals surface area contributed by atoms with E-state index >= 15 is 0 Å². The van der Waals surface area contributed by atoms with Crippen molar-refractivity contribution < 1.29 is 4.79 Å². The SMILES string of the molecule is CSCCC(=O)CCC1CC1. The first kappa shape index (κ1) is 9.11. The number of rotatable bonds is 6. The standard InChI is InChI=1S/C9H16OS/c1-11-7-6-9(10)5-4-8-2-3-8/h8H,2-7H2,1H3. The summed E-state index contributed by atoms with van der Waals surface area (Å²) in [6.07, 6.45) is 7.58. The lowest BCUT2D eigenvalue weighted by Gasteiger charge is -1.97. The minimum atomic E-state index is 0.464. The number of Topliss-reactive ketones (excluding diaryl/α,β-unsaturated/α-hetero) is 1. The van der Waals surface area contributed by atoms with Crippen molar-refractivity contribution in [3.05, 3.63) is 0 Å². The molecule has 2 heteroatoms. The van der Waals surface area contributed by atoms with Gasteiger partial charge in [0.05, 0.1) is 0 Å². The third-order valence-electron chi connectivity index (χ3n) is 2.11. The van der Waals surface area contributed by atoms with E-state index in [1.54, 1.807) is 11.8 Å². The summed E-state index contributed by atoms with van der Waals surface area (Å²) in [5.74, 6) is 2.38. The predicted octanol–water partition coefficient (Wildman–Crippen LogP) is 2.50. The van der Waals surface area contributed by atoms with Gasteiger partial charge in [0.15, 0.2) is 0 Å². The van der Waals surface area contributed by atoms with Crippen LogP contribution in [0.1, 0.15) is 32.1 Å². The molecule has 0 heterocycles. The fourth-order valence-corrected chi connectivity index (χ4v) is 1.54. The molecule has 0 unspecified atom stereocenters.